The number of benzene rings is 2. The van der Waals surface area contributed by atoms with Gasteiger partial charge >= 0.3 is 0 Å². The minimum absolute atomic E-state index is 0.313. The van der Waals surface area contributed by atoms with Gasteiger partial charge in [0, 0.05) is 13.2 Å². The highest BCUT2D eigenvalue weighted by Gasteiger charge is 2.18. The number of aryl methyl sites for hydroxylation is 2. The van der Waals surface area contributed by atoms with Crippen molar-refractivity contribution in [2.24, 2.45) is 5.73 Å². The van der Waals surface area contributed by atoms with Gasteiger partial charge in [0.15, 0.2) is 0 Å². The van der Waals surface area contributed by atoms with E-state index >= 15 is 0 Å². The van der Waals surface area contributed by atoms with E-state index in [1.165, 1.54) is 6.20 Å². The van der Waals surface area contributed by atoms with Crippen molar-refractivity contribution < 1.29 is 14.3 Å². The molecular formula is C30H40ClN5O3. The number of allylic oxidation sites excluding steroid dienone is 1. The summed E-state index contributed by atoms with van der Waals surface area (Å²) in [5, 5.41) is 8.86. The lowest BCUT2D eigenvalue weighted by Crippen LogP contribution is -2.19. The highest BCUT2D eigenvalue weighted by atomic mass is 35.5. The molecule has 0 atom stereocenters. The molecule has 0 radical (unpaired) electrons. The number of ether oxygens (including phenoxy) is 1. The maximum atomic E-state index is 13.1. The summed E-state index contributed by atoms with van der Waals surface area (Å²) < 4.78 is 5.76. The molecule has 1 aromatic heterocycles. The molecule has 0 fully saturated rings. The maximum Gasteiger partial charge on any atom is 0.259 e. The van der Waals surface area contributed by atoms with Crippen molar-refractivity contribution in [2.75, 3.05) is 30.8 Å². The van der Waals surface area contributed by atoms with Gasteiger partial charge in [0.05, 0.1) is 28.4 Å². The van der Waals surface area contributed by atoms with Crippen LogP contribution < -0.4 is 26.4 Å². The number of pyridine rings is 1. The molecule has 9 heteroatoms. The molecule has 3 aromatic rings. The van der Waals surface area contributed by atoms with Crippen LogP contribution in [0.5, 0.6) is 5.75 Å². The Kier molecular flexibility index (Phi) is 15.0. The first-order chi connectivity index (χ1) is 18.6. The number of halogens is 1. The molecule has 0 aliphatic rings. The molecule has 210 valence electrons. The molecule has 2 aromatic carbocycles. The van der Waals surface area contributed by atoms with Crippen molar-refractivity contribution in [1.29, 1.82) is 0 Å². The Morgan fingerprint density at radius 2 is 1.59 bits per heavy atom. The smallest absolute Gasteiger partial charge is 0.259 e. The van der Waals surface area contributed by atoms with Crippen LogP contribution in [0.2, 0.25) is 5.02 Å². The van der Waals surface area contributed by atoms with Crippen LogP contribution in [-0.4, -0.2) is 37.0 Å². The third kappa shape index (κ3) is 11.6. The van der Waals surface area contributed by atoms with Gasteiger partial charge in [0.25, 0.3) is 11.8 Å². The van der Waals surface area contributed by atoms with Crippen LogP contribution in [-0.2, 0) is 0 Å². The zero-order chi connectivity index (χ0) is 29.4. The fourth-order valence-electron chi connectivity index (χ4n) is 2.98. The number of hydrogen-bond donors (Lipinski definition) is 4. The molecule has 0 unspecified atom stereocenters. The zero-order valence-electron chi connectivity index (χ0n) is 23.7. The van der Waals surface area contributed by atoms with Gasteiger partial charge in [-0.15, -0.1) is 0 Å². The Morgan fingerprint density at radius 1 is 0.974 bits per heavy atom. The Balaban J connectivity index is 0.000000975. The van der Waals surface area contributed by atoms with Crippen LogP contribution in [0, 0.1) is 13.8 Å². The van der Waals surface area contributed by atoms with E-state index < -0.39 is 5.91 Å². The van der Waals surface area contributed by atoms with E-state index in [1.807, 2.05) is 53.8 Å². The Hall–Kier alpha value is -3.88. The molecule has 8 nitrogen and oxygen atoms in total. The summed E-state index contributed by atoms with van der Waals surface area (Å²) in [6.07, 6.45) is 2.12. The number of nitrogens with two attached hydrogens (primary N) is 1. The summed E-state index contributed by atoms with van der Waals surface area (Å²) in [5.41, 5.74) is 9.44. The summed E-state index contributed by atoms with van der Waals surface area (Å²) in [4.78, 5) is 30.0. The molecule has 39 heavy (non-hydrogen) atoms. The Morgan fingerprint density at radius 3 is 2.18 bits per heavy atom. The van der Waals surface area contributed by atoms with Crippen LogP contribution in [0.4, 0.5) is 11.5 Å². The van der Waals surface area contributed by atoms with E-state index in [4.69, 9.17) is 22.1 Å². The number of nitrogens with one attached hydrogen (secondary N) is 3. The minimum atomic E-state index is -0.401. The molecule has 0 saturated carbocycles. The maximum absolute atomic E-state index is 13.1. The van der Waals surface area contributed by atoms with Crippen molar-refractivity contribution in [3.63, 3.8) is 0 Å². The predicted molar refractivity (Wildman–Crippen MR) is 162 cm³/mol. The van der Waals surface area contributed by atoms with Crippen LogP contribution in [0.3, 0.4) is 0 Å². The highest BCUT2D eigenvalue weighted by Crippen LogP contribution is 2.24. The first-order valence-corrected chi connectivity index (χ1v) is 13.1. The minimum Gasteiger partial charge on any atom is -0.493 e. The molecule has 1 heterocycles. The summed E-state index contributed by atoms with van der Waals surface area (Å²) in [5.74, 6) is 0.0455. The largest absolute Gasteiger partial charge is 0.493 e. The SMILES string of the molecule is C=C(C)NC.CC.Cc1ccc(C(=O)Nc2ccc(C)cc2C(=O)Nc2ccc(Cl)cn2)c(OCCCN)c1. The monoisotopic (exact) mass is 553 g/mol. The van der Waals surface area contributed by atoms with Gasteiger partial charge in [-0.25, -0.2) is 4.98 Å². The predicted octanol–water partition coefficient (Wildman–Crippen LogP) is 6.35. The molecule has 0 saturated heterocycles. The number of hydrogen-bond acceptors (Lipinski definition) is 6. The lowest BCUT2D eigenvalue weighted by molar-refractivity contribution is 0.102. The average molecular weight is 554 g/mol. The summed E-state index contributed by atoms with van der Waals surface area (Å²) in [6, 6.07) is 13.8. The lowest BCUT2D eigenvalue weighted by Gasteiger charge is -2.15. The normalized spacial score (nSPS) is 9.64. The molecule has 0 bridgehead atoms. The van der Waals surface area contributed by atoms with Crippen LogP contribution >= 0.6 is 11.6 Å². The van der Waals surface area contributed by atoms with E-state index in [0.29, 0.717) is 53.0 Å². The van der Waals surface area contributed by atoms with Gasteiger partial charge in [-0.1, -0.05) is 49.7 Å². The number of carbonyl (C=O) groups excluding carboxylic acids is 2. The molecule has 3 rings (SSSR count). The van der Waals surface area contributed by atoms with Gasteiger partial charge in [0.1, 0.15) is 11.6 Å². The number of amides is 2. The molecule has 0 aliphatic carbocycles. The summed E-state index contributed by atoms with van der Waals surface area (Å²) in [6.45, 7) is 14.2. The third-order valence-electron chi connectivity index (χ3n) is 5.05. The van der Waals surface area contributed by atoms with Crippen molar-refractivity contribution >= 4 is 34.9 Å². The summed E-state index contributed by atoms with van der Waals surface area (Å²) >= 11 is 5.85. The second kappa shape index (κ2) is 17.6. The zero-order valence-corrected chi connectivity index (χ0v) is 24.4. The van der Waals surface area contributed by atoms with Gasteiger partial charge in [-0.3, -0.25) is 9.59 Å². The first kappa shape index (κ1) is 33.1. The van der Waals surface area contributed by atoms with Crippen molar-refractivity contribution in [2.45, 2.75) is 41.0 Å². The topological polar surface area (TPSA) is 118 Å². The quantitative estimate of drug-likeness (QED) is 0.229. The second-order valence-corrected chi connectivity index (χ2v) is 8.78. The number of aromatic nitrogens is 1. The number of nitrogens with zero attached hydrogens (tertiary/aromatic N) is 1. The first-order valence-electron chi connectivity index (χ1n) is 12.8. The number of anilines is 2. The number of rotatable bonds is 9. The van der Waals surface area contributed by atoms with Gasteiger partial charge in [-0.2, -0.15) is 0 Å². The van der Waals surface area contributed by atoms with Crippen LogP contribution in [0.15, 0.2) is 67.0 Å². The molecular weight excluding hydrogens is 514 g/mol. The third-order valence-corrected chi connectivity index (χ3v) is 5.28. The fraction of sp³-hybridized carbons (Fsp3) is 0.300. The van der Waals surface area contributed by atoms with Crippen molar-refractivity contribution in [1.82, 2.24) is 10.3 Å². The van der Waals surface area contributed by atoms with Gasteiger partial charge in [-0.05, 0) is 81.4 Å². The highest BCUT2D eigenvalue weighted by molar-refractivity contribution is 6.30. The van der Waals surface area contributed by atoms with Gasteiger partial charge < -0.3 is 26.4 Å². The number of carbonyl (C=O) groups is 2. The van der Waals surface area contributed by atoms with Crippen LogP contribution in [0.25, 0.3) is 0 Å². The molecule has 0 spiro atoms. The van der Waals surface area contributed by atoms with Gasteiger partial charge in [0.2, 0.25) is 0 Å². The van der Waals surface area contributed by atoms with E-state index in [0.717, 1.165) is 16.8 Å². The van der Waals surface area contributed by atoms with E-state index in [9.17, 15) is 9.59 Å². The summed E-state index contributed by atoms with van der Waals surface area (Å²) in [7, 11) is 1.85. The van der Waals surface area contributed by atoms with Crippen LogP contribution in [0.1, 0.15) is 59.0 Å². The molecule has 0 aliphatic heterocycles. The fourth-order valence-corrected chi connectivity index (χ4v) is 3.09. The standard InChI is InChI=1S/C24H25ClN4O3.C4H9N.C2H6/c1-15-5-8-20(19(12-15)24(31)29-22-9-6-17(25)14-27-22)28-23(30)18-7-4-16(2)13-21(18)32-11-3-10-26;1-4(2)5-3;1-2/h4-9,12-14H,3,10-11,26H2,1-2H3,(H,28,30)(H,27,29,31);5H,1H2,2-3H3;1-2H3. The Bertz CT molecular complexity index is 1230. The average Bonchev–Trinajstić information content (AvgIpc) is 2.92. The molecule has 2 amide bonds. The lowest BCUT2D eigenvalue weighted by atomic mass is 10.1. The van der Waals surface area contributed by atoms with E-state index in [1.54, 1.807) is 36.4 Å². The second-order valence-electron chi connectivity index (χ2n) is 8.34. The Labute approximate surface area is 237 Å². The van der Waals surface area contributed by atoms with Crippen molar-refractivity contribution in [3.8, 4) is 5.75 Å². The molecule has 5 N–H and O–H groups in total. The van der Waals surface area contributed by atoms with E-state index in [2.05, 4.69) is 27.5 Å². The van der Waals surface area contributed by atoms with E-state index in [-0.39, 0.29) is 5.91 Å². The van der Waals surface area contributed by atoms with Crippen molar-refractivity contribution in [3.05, 3.63) is 94.3 Å².